The molecule has 0 saturated carbocycles. The average Bonchev–Trinajstić information content (AvgIpc) is 2.47. The molecular weight excluding hydrogens is 242 g/mol. The van der Waals surface area contributed by atoms with Crippen LogP contribution >= 0.6 is 0 Å². The second-order valence-electron chi connectivity index (χ2n) is 4.74. The van der Waals surface area contributed by atoms with E-state index < -0.39 is 0 Å². The zero-order chi connectivity index (χ0) is 13.7. The van der Waals surface area contributed by atoms with Gasteiger partial charge in [-0.05, 0) is 12.1 Å². The SMILES string of the molecule is CC(CN)C(=O)Nc1ccccc1N1CCOCC1. The predicted molar refractivity (Wildman–Crippen MR) is 76.3 cm³/mol. The number of nitrogens with two attached hydrogens (primary N) is 1. The smallest absolute Gasteiger partial charge is 0.228 e. The van der Waals surface area contributed by atoms with Gasteiger partial charge in [0.05, 0.1) is 24.6 Å². The van der Waals surface area contributed by atoms with Gasteiger partial charge < -0.3 is 20.7 Å². The highest BCUT2D eigenvalue weighted by atomic mass is 16.5. The number of nitrogens with one attached hydrogen (secondary N) is 1. The maximum absolute atomic E-state index is 11.9. The van der Waals surface area contributed by atoms with E-state index >= 15 is 0 Å². The number of ether oxygens (including phenoxy) is 1. The summed E-state index contributed by atoms with van der Waals surface area (Å²) in [6.45, 7) is 5.32. The zero-order valence-electron chi connectivity index (χ0n) is 11.3. The van der Waals surface area contributed by atoms with E-state index in [4.69, 9.17) is 10.5 Å². The van der Waals surface area contributed by atoms with Gasteiger partial charge >= 0.3 is 0 Å². The summed E-state index contributed by atoms with van der Waals surface area (Å²) in [5, 5.41) is 2.96. The largest absolute Gasteiger partial charge is 0.378 e. The van der Waals surface area contributed by atoms with Crippen molar-refractivity contribution in [2.75, 3.05) is 43.1 Å². The highest BCUT2D eigenvalue weighted by molar-refractivity contribution is 5.95. The van der Waals surface area contributed by atoms with Crippen LogP contribution in [0.5, 0.6) is 0 Å². The molecule has 0 aromatic heterocycles. The van der Waals surface area contributed by atoms with Crippen LogP contribution < -0.4 is 16.0 Å². The van der Waals surface area contributed by atoms with E-state index in [1.807, 2.05) is 31.2 Å². The summed E-state index contributed by atoms with van der Waals surface area (Å²) in [4.78, 5) is 14.2. The second kappa shape index (κ2) is 6.54. The second-order valence-corrected chi connectivity index (χ2v) is 4.74. The number of carbonyl (C=O) groups is 1. The molecule has 1 atom stereocenters. The highest BCUT2D eigenvalue weighted by Crippen LogP contribution is 2.26. The fourth-order valence-corrected chi connectivity index (χ4v) is 2.02. The molecular formula is C14H21N3O2. The molecule has 1 heterocycles. The van der Waals surface area contributed by atoms with Crippen LogP contribution in [0.2, 0.25) is 0 Å². The third kappa shape index (κ3) is 3.45. The van der Waals surface area contributed by atoms with E-state index in [-0.39, 0.29) is 11.8 Å². The fraction of sp³-hybridized carbons (Fsp3) is 0.500. The summed E-state index contributed by atoms with van der Waals surface area (Å²) in [6, 6.07) is 7.85. The van der Waals surface area contributed by atoms with Crippen LogP contribution in [-0.2, 0) is 9.53 Å². The minimum atomic E-state index is -0.183. The van der Waals surface area contributed by atoms with Gasteiger partial charge in [0.2, 0.25) is 5.91 Å². The lowest BCUT2D eigenvalue weighted by Gasteiger charge is -2.30. The Morgan fingerprint density at radius 1 is 1.42 bits per heavy atom. The Labute approximate surface area is 113 Å². The topological polar surface area (TPSA) is 67.6 Å². The van der Waals surface area contributed by atoms with Crippen LogP contribution in [0, 0.1) is 5.92 Å². The Morgan fingerprint density at radius 3 is 2.79 bits per heavy atom. The number of benzene rings is 1. The Hall–Kier alpha value is -1.59. The van der Waals surface area contributed by atoms with Gasteiger partial charge in [0, 0.05) is 25.6 Å². The third-order valence-corrected chi connectivity index (χ3v) is 3.31. The van der Waals surface area contributed by atoms with Gasteiger partial charge in [0.15, 0.2) is 0 Å². The number of para-hydroxylation sites is 2. The van der Waals surface area contributed by atoms with Crippen molar-refractivity contribution in [2.24, 2.45) is 11.7 Å². The molecule has 104 valence electrons. The molecule has 0 radical (unpaired) electrons. The van der Waals surface area contributed by atoms with Crippen LogP contribution in [0.3, 0.4) is 0 Å². The summed E-state index contributed by atoms with van der Waals surface area (Å²) in [6.07, 6.45) is 0. The van der Waals surface area contributed by atoms with Crippen LogP contribution in [0.4, 0.5) is 11.4 Å². The van der Waals surface area contributed by atoms with Gasteiger partial charge in [0.1, 0.15) is 0 Å². The number of nitrogens with zero attached hydrogens (tertiary/aromatic N) is 1. The first-order chi connectivity index (χ1) is 9.22. The molecule has 1 aliphatic heterocycles. The molecule has 0 spiro atoms. The van der Waals surface area contributed by atoms with Crippen LogP contribution in [-0.4, -0.2) is 38.8 Å². The summed E-state index contributed by atoms with van der Waals surface area (Å²) in [5.74, 6) is -0.221. The summed E-state index contributed by atoms with van der Waals surface area (Å²) in [7, 11) is 0. The van der Waals surface area contributed by atoms with E-state index in [0.717, 1.165) is 37.7 Å². The van der Waals surface area contributed by atoms with Gasteiger partial charge in [-0.1, -0.05) is 19.1 Å². The molecule has 1 fully saturated rings. The molecule has 19 heavy (non-hydrogen) atoms. The van der Waals surface area contributed by atoms with E-state index in [0.29, 0.717) is 6.54 Å². The van der Waals surface area contributed by atoms with Gasteiger partial charge in [-0.15, -0.1) is 0 Å². The lowest BCUT2D eigenvalue weighted by Crippen LogP contribution is -2.37. The number of amides is 1. The molecule has 1 aromatic rings. The zero-order valence-corrected chi connectivity index (χ0v) is 11.3. The van der Waals surface area contributed by atoms with E-state index in [9.17, 15) is 4.79 Å². The first kappa shape index (κ1) is 13.8. The van der Waals surface area contributed by atoms with Crippen molar-refractivity contribution in [2.45, 2.75) is 6.92 Å². The van der Waals surface area contributed by atoms with Gasteiger partial charge in [-0.2, -0.15) is 0 Å². The van der Waals surface area contributed by atoms with E-state index in [1.165, 1.54) is 0 Å². The van der Waals surface area contributed by atoms with Crippen molar-refractivity contribution in [3.05, 3.63) is 24.3 Å². The highest BCUT2D eigenvalue weighted by Gasteiger charge is 2.17. The molecule has 5 heteroatoms. The average molecular weight is 263 g/mol. The van der Waals surface area contributed by atoms with Gasteiger partial charge in [0.25, 0.3) is 0 Å². The lowest BCUT2D eigenvalue weighted by atomic mass is 10.1. The number of hydrogen-bond acceptors (Lipinski definition) is 4. The van der Waals surface area contributed by atoms with Crippen LogP contribution in [0.25, 0.3) is 0 Å². The number of carbonyl (C=O) groups excluding carboxylic acids is 1. The molecule has 5 nitrogen and oxygen atoms in total. The minimum Gasteiger partial charge on any atom is -0.378 e. The Balaban J connectivity index is 2.13. The predicted octanol–water partition coefficient (Wildman–Crippen LogP) is 1.06. The van der Waals surface area contributed by atoms with Crippen molar-refractivity contribution in [3.8, 4) is 0 Å². The molecule has 1 amide bonds. The van der Waals surface area contributed by atoms with E-state index in [2.05, 4.69) is 10.2 Å². The number of anilines is 2. The van der Waals surface area contributed by atoms with Crippen molar-refractivity contribution in [1.29, 1.82) is 0 Å². The van der Waals surface area contributed by atoms with Crippen molar-refractivity contribution in [3.63, 3.8) is 0 Å². The Bertz CT molecular complexity index is 430. The number of rotatable bonds is 4. The van der Waals surface area contributed by atoms with Crippen molar-refractivity contribution in [1.82, 2.24) is 0 Å². The summed E-state index contributed by atoms with van der Waals surface area (Å²) >= 11 is 0. The molecule has 1 unspecified atom stereocenters. The fourth-order valence-electron chi connectivity index (χ4n) is 2.02. The molecule has 3 N–H and O–H groups in total. The van der Waals surface area contributed by atoms with Gasteiger partial charge in [-0.3, -0.25) is 4.79 Å². The maximum Gasteiger partial charge on any atom is 0.228 e. The molecule has 1 aromatic carbocycles. The normalized spacial score (nSPS) is 17.1. The minimum absolute atomic E-state index is 0.0387. The lowest BCUT2D eigenvalue weighted by molar-refractivity contribution is -0.119. The first-order valence-corrected chi connectivity index (χ1v) is 6.65. The quantitative estimate of drug-likeness (QED) is 0.852. The molecule has 0 bridgehead atoms. The first-order valence-electron chi connectivity index (χ1n) is 6.65. The van der Waals surface area contributed by atoms with Crippen LogP contribution in [0.1, 0.15) is 6.92 Å². The molecule has 0 aliphatic carbocycles. The Kier molecular flexibility index (Phi) is 4.76. The molecule has 2 rings (SSSR count). The number of morpholine rings is 1. The van der Waals surface area contributed by atoms with Crippen LogP contribution in [0.15, 0.2) is 24.3 Å². The number of hydrogen-bond donors (Lipinski definition) is 2. The van der Waals surface area contributed by atoms with Crippen molar-refractivity contribution < 1.29 is 9.53 Å². The standard InChI is InChI=1S/C14H21N3O2/c1-11(10-15)14(18)16-12-4-2-3-5-13(12)17-6-8-19-9-7-17/h2-5,11H,6-10,15H2,1H3,(H,16,18). The molecule has 1 aliphatic rings. The monoisotopic (exact) mass is 263 g/mol. The van der Waals surface area contributed by atoms with E-state index in [1.54, 1.807) is 0 Å². The maximum atomic E-state index is 11.9. The summed E-state index contributed by atoms with van der Waals surface area (Å²) < 4.78 is 5.35. The Morgan fingerprint density at radius 2 is 2.11 bits per heavy atom. The molecule has 1 saturated heterocycles. The third-order valence-electron chi connectivity index (χ3n) is 3.31. The summed E-state index contributed by atoms with van der Waals surface area (Å²) in [5.41, 5.74) is 7.41. The van der Waals surface area contributed by atoms with Gasteiger partial charge in [-0.25, -0.2) is 0 Å². The van der Waals surface area contributed by atoms with Crippen molar-refractivity contribution >= 4 is 17.3 Å².